The first kappa shape index (κ1) is 22.7. The molecule has 1 aliphatic heterocycles. The van der Waals surface area contributed by atoms with E-state index >= 15 is 0 Å². The van der Waals surface area contributed by atoms with E-state index in [1.807, 2.05) is 19.1 Å². The highest BCUT2D eigenvalue weighted by Gasteiger charge is 2.25. The predicted octanol–water partition coefficient (Wildman–Crippen LogP) is 2.31. The van der Waals surface area contributed by atoms with Gasteiger partial charge in [0.25, 0.3) is 5.91 Å². The minimum absolute atomic E-state index is 0.130. The van der Waals surface area contributed by atoms with E-state index in [0.29, 0.717) is 23.7 Å². The molecule has 2 aromatic rings. The Kier molecular flexibility index (Phi) is 8.35. The van der Waals surface area contributed by atoms with Crippen LogP contribution in [-0.4, -0.2) is 62.7 Å². The molecule has 1 saturated heterocycles. The van der Waals surface area contributed by atoms with Gasteiger partial charge in [-0.15, -0.1) is 0 Å². The fourth-order valence-electron chi connectivity index (χ4n) is 3.38. The quantitative estimate of drug-likeness (QED) is 0.329. The molecule has 0 bridgehead atoms. The van der Waals surface area contributed by atoms with Crippen LogP contribution in [-0.2, 0) is 0 Å². The topological polar surface area (TPSA) is 90.9 Å². The van der Waals surface area contributed by atoms with Crippen molar-refractivity contribution < 1.29 is 9.53 Å². The second-order valence-electron chi connectivity index (χ2n) is 7.13. The number of nitrogens with one attached hydrogen (secondary N) is 3. The van der Waals surface area contributed by atoms with E-state index in [9.17, 15) is 4.79 Å². The average molecular weight is 445 g/mol. The van der Waals surface area contributed by atoms with Crippen molar-refractivity contribution in [1.29, 1.82) is 0 Å². The standard InChI is InChI=1S/C22H29ClN6O2/c1-3-24-22(27-13-12-26-21(30)16-6-8-18(31-2)9-7-16)28-17-10-14-29(15-17)20-19(23)5-4-11-25-20/h4-9,11,17H,3,10,12-15H2,1-2H3,(H,26,30)(H2,24,27,28). The van der Waals surface area contributed by atoms with Crippen LogP contribution in [0.3, 0.4) is 0 Å². The number of guanidine groups is 1. The van der Waals surface area contributed by atoms with Crippen LogP contribution in [0.5, 0.6) is 5.75 Å². The van der Waals surface area contributed by atoms with Crippen LogP contribution < -0.4 is 25.6 Å². The van der Waals surface area contributed by atoms with Gasteiger partial charge >= 0.3 is 0 Å². The fourth-order valence-corrected chi connectivity index (χ4v) is 3.62. The van der Waals surface area contributed by atoms with Crippen LogP contribution in [0.4, 0.5) is 5.82 Å². The molecule has 1 aliphatic rings. The van der Waals surface area contributed by atoms with E-state index in [1.54, 1.807) is 37.6 Å². The Balaban J connectivity index is 1.47. The molecule has 31 heavy (non-hydrogen) atoms. The number of hydrogen-bond acceptors (Lipinski definition) is 5. The minimum atomic E-state index is -0.130. The Morgan fingerprint density at radius 1 is 1.29 bits per heavy atom. The van der Waals surface area contributed by atoms with Gasteiger partial charge in [-0.25, -0.2) is 4.98 Å². The lowest BCUT2D eigenvalue weighted by molar-refractivity contribution is 0.0954. The zero-order chi connectivity index (χ0) is 22.1. The van der Waals surface area contributed by atoms with Gasteiger partial charge in [-0.1, -0.05) is 11.6 Å². The van der Waals surface area contributed by atoms with Gasteiger partial charge in [0.15, 0.2) is 5.96 Å². The van der Waals surface area contributed by atoms with Gasteiger partial charge in [-0.2, -0.15) is 0 Å². The molecule has 1 aromatic heterocycles. The molecule has 8 nitrogen and oxygen atoms in total. The van der Waals surface area contributed by atoms with Gasteiger partial charge in [0, 0.05) is 44.0 Å². The monoisotopic (exact) mass is 444 g/mol. The largest absolute Gasteiger partial charge is 0.497 e. The lowest BCUT2D eigenvalue weighted by atomic mass is 10.2. The van der Waals surface area contributed by atoms with E-state index in [4.69, 9.17) is 16.3 Å². The summed E-state index contributed by atoms with van der Waals surface area (Å²) < 4.78 is 5.11. The number of carbonyl (C=O) groups excluding carboxylic acids is 1. The number of benzene rings is 1. The number of aromatic nitrogens is 1. The third kappa shape index (κ3) is 6.49. The molecule has 166 valence electrons. The number of rotatable bonds is 8. The van der Waals surface area contributed by atoms with Gasteiger partial charge in [-0.3, -0.25) is 9.79 Å². The van der Waals surface area contributed by atoms with Crippen LogP contribution in [0.1, 0.15) is 23.7 Å². The number of hydrogen-bond donors (Lipinski definition) is 3. The molecular formula is C22H29ClN6O2. The van der Waals surface area contributed by atoms with Crippen molar-refractivity contribution in [2.75, 3.05) is 44.7 Å². The van der Waals surface area contributed by atoms with Crippen molar-refractivity contribution in [3.63, 3.8) is 0 Å². The summed E-state index contributed by atoms with van der Waals surface area (Å²) in [6, 6.07) is 10.9. The summed E-state index contributed by atoms with van der Waals surface area (Å²) in [4.78, 5) is 23.4. The normalized spacial score (nSPS) is 16.2. The number of aliphatic imine (C=N–C) groups is 1. The molecule has 0 radical (unpaired) electrons. The van der Waals surface area contributed by atoms with Gasteiger partial charge in [0.2, 0.25) is 0 Å². The number of pyridine rings is 1. The molecule has 0 aliphatic carbocycles. The van der Waals surface area contributed by atoms with Gasteiger partial charge < -0.3 is 25.6 Å². The molecule has 1 aromatic carbocycles. The first-order valence-electron chi connectivity index (χ1n) is 10.4. The molecule has 2 heterocycles. The summed E-state index contributed by atoms with van der Waals surface area (Å²) in [7, 11) is 1.60. The molecule has 1 unspecified atom stereocenters. The van der Waals surface area contributed by atoms with E-state index in [2.05, 4.69) is 30.8 Å². The summed E-state index contributed by atoms with van der Waals surface area (Å²) in [6.45, 7) is 5.38. The Morgan fingerprint density at radius 3 is 2.81 bits per heavy atom. The number of carbonyl (C=O) groups is 1. The molecule has 1 atom stereocenters. The molecule has 0 saturated carbocycles. The van der Waals surface area contributed by atoms with Crippen molar-refractivity contribution in [2.45, 2.75) is 19.4 Å². The second-order valence-corrected chi connectivity index (χ2v) is 7.54. The average Bonchev–Trinajstić information content (AvgIpc) is 3.25. The summed E-state index contributed by atoms with van der Waals surface area (Å²) in [5, 5.41) is 10.3. The molecule has 1 fully saturated rings. The highest BCUT2D eigenvalue weighted by Crippen LogP contribution is 2.25. The number of halogens is 1. The molecule has 0 spiro atoms. The van der Waals surface area contributed by atoms with Crippen LogP contribution in [0.15, 0.2) is 47.6 Å². The van der Waals surface area contributed by atoms with Gasteiger partial charge in [0.1, 0.15) is 11.6 Å². The van der Waals surface area contributed by atoms with E-state index in [1.165, 1.54) is 0 Å². The van der Waals surface area contributed by atoms with Crippen LogP contribution in [0.2, 0.25) is 5.02 Å². The van der Waals surface area contributed by atoms with Crippen LogP contribution in [0.25, 0.3) is 0 Å². The van der Waals surface area contributed by atoms with Crippen molar-refractivity contribution >= 4 is 29.3 Å². The zero-order valence-electron chi connectivity index (χ0n) is 17.9. The first-order valence-corrected chi connectivity index (χ1v) is 10.8. The summed E-state index contributed by atoms with van der Waals surface area (Å²) in [5.41, 5.74) is 0.592. The number of ether oxygens (including phenoxy) is 1. The van der Waals surface area contributed by atoms with E-state index in [0.717, 1.165) is 43.6 Å². The maximum absolute atomic E-state index is 12.2. The third-order valence-electron chi connectivity index (χ3n) is 4.93. The first-order chi connectivity index (χ1) is 15.1. The highest BCUT2D eigenvalue weighted by molar-refractivity contribution is 6.32. The molecule has 1 amide bonds. The van der Waals surface area contributed by atoms with Crippen molar-refractivity contribution in [3.05, 3.63) is 53.2 Å². The lowest BCUT2D eigenvalue weighted by Gasteiger charge is -2.20. The number of methoxy groups -OCH3 is 1. The van der Waals surface area contributed by atoms with Crippen molar-refractivity contribution in [2.24, 2.45) is 4.99 Å². The summed E-state index contributed by atoms with van der Waals surface area (Å²) in [6.07, 6.45) is 2.72. The SMILES string of the molecule is CCNC(=NCCNC(=O)c1ccc(OC)cc1)NC1CCN(c2ncccc2Cl)C1. The molecule has 3 rings (SSSR count). The minimum Gasteiger partial charge on any atom is -0.497 e. The van der Waals surface area contributed by atoms with Crippen molar-refractivity contribution in [1.82, 2.24) is 20.9 Å². The molecule has 3 N–H and O–H groups in total. The Bertz CT molecular complexity index is 890. The van der Waals surface area contributed by atoms with Gasteiger partial charge in [0.05, 0.1) is 18.7 Å². The number of nitrogens with zero attached hydrogens (tertiary/aromatic N) is 3. The van der Waals surface area contributed by atoms with Crippen LogP contribution in [0, 0.1) is 0 Å². The molecule has 9 heteroatoms. The lowest BCUT2D eigenvalue weighted by Crippen LogP contribution is -2.45. The zero-order valence-corrected chi connectivity index (χ0v) is 18.7. The second kappa shape index (κ2) is 11.4. The smallest absolute Gasteiger partial charge is 0.251 e. The van der Waals surface area contributed by atoms with Crippen LogP contribution >= 0.6 is 11.6 Å². The summed E-state index contributed by atoms with van der Waals surface area (Å²) in [5.74, 6) is 2.14. The maximum atomic E-state index is 12.2. The highest BCUT2D eigenvalue weighted by atomic mass is 35.5. The third-order valence-corrected chi connectivity index (χ3v) is 5.23. The molecular weight excluding hydrogens is 416 g/mol. The fraction of sp³-hybridized carbons (Fsp3) is 0.409. The summed E-state index contributed by atoms with van der Waals surface area (Å²) >= 11 is 6.28. The van der Waals surface area contributed by atoms with E-state index < -0.39 is 0 Å². The number of amides is 1. The van der Waals surface area contributed by atoms with E-state index in [-0.39, 0.29) is 11.9 Å². The Labute approximate surface area is 188 Å². The van der Waals surface area contributed by atoms with Gasteiger partial charge in [-0.05, 0) is 49.7 Å². The maximum Gasteiger partial charge on any atom is 0.251 e. The Morgan fingerprint density at radius 2 is 2.10 bits per heavy atom. The van der Waals surface area contributed by atoms with Crippen molar-refractivity contribution in [3.8, 4) is 5.75 Å². The predicted molar refractivity (Wildman–Crippen MR) is 124 cm³/mol. The number of anilines is 1. The Hall–Kier alpha value is -3.00.